The average molecular weight is 474 g/mol. The number of benzene rings is 4. The van der Waals surface area contributed by atoms with Gasteiger partial charge in [-0.2, -0.15) is 5.26 Å². The van der Waals surface area contributed by atoms with E-state index in [4.69, 9.17) is 27.9 Å². The van der Waals surface area contributed by atoms with Crippen molar-refractivity contribution in [1.29, 1.82) is 5.26 Å². The molecule has 0 aromatic heterocycles. The topological polar surface area (TPSA) is 50.1 Å². The quantitative estimate of drug-likeness (QED) is 0.257. The Morgan fingerprint density at radius 3 is 2.21 bits per heavy atom. The number of Topliss-reactive ketones (excluding diaryl/α,β-unsaturated/α-hetero) is 1. The van der Waals surface area contributed by atoms with E-state index in [1.165, 1.54) is 0 Å². The van der Waals surface area contributed by atoms with Crippen LogP contribution in [-0.2, 0) is 0 Å². The van der Waals surface area contributed by atoms with Crippen LogP contribution in [0.15, 0.2) is 84.9 Å². The normalized spacial score (nSPS) is 12.7. The predicted octanol–water partition coefficient (Wildman–Crippen LogP) is 7.82. The van der Waals surface area contributed by atoms with Crippen LogP contribution < -0.4 is 4.74 Å². The predicted molar refractivity (Wildman–Crippen MR) is 133 cm³/mol. The highest BCUT2D eigenvalue weighted by atomic mass is 35.5. The van der Waals surface area contributed by atoms with Crippen LogP contribution in [0.1, 0.15) is 39.7 Å². The van der Waals surface area contributed by atoms with Crippen LogP contribution in [-0.4, -0.2) is 12.9 Å². The first-order valence-electron chi connectivity index (χ1n) is 10.5. The molecule has 0 bridgehead atoms. The molecule has 4 aromatic carbocycles. The van der Waals surface area contributed by atoms with Gasteiger partial charge in [0.05, 0.1) is 19.1 Å². The van der Waals surface area contributed by atoms with Crippen molar-refractivity contribution in [2.75, 3.05) is 7.11 Å². The standard InChI is InChI=1S/C28H21Cl2NO2/c1-33-22-13-11-19(12-14-22)23(24(17-31)28-25(29)7-4-8-26(28)30)16-27(32)21-10-9-18-5-2-3-6-20(18)15-21/h2-15,23-24H,16H2,1H3. The van der Waals surface area contributed by atoms with Crippen molar-refractivity contribution in [3.63, 3.8) is 0 Å². The maximum absolute atomic E-state index is 13.4. The summed E-state index contributed by atoms with van der Waals surface area (Å²) in [6.45, 7) is 0. The van der Waals surface area contributed by atoms with Crippen molar-refractivity contribution in [3.8, 4) is 11.8 Å². The highest BCUT2D eigenvalue weighted by molar-refractivity contribution is 6.36. The highest BCUT2D eigenvalue weighted by Gasteiger charge is 2.31. The number of carbonyl (C=O) groups is 1. The van der Waals surface area contributed by atoms with Crippen LogP contribution >= 0.6 is 23.2 Å². The van der Waals surface area contributed by atoms with E-state index in [0.717, 1.165) is 16.3 Å². The SMILES string of the molecule is COc1ccc(C(CC(=O)c2ccc3ccccc3c2)C(C#N)c2c(Cl)cccc2Cl)cc1. The molecule has 164 valence electrons. The van der Waals surface area contributed by atoms with Gasteiger partial charge in [-0.1, -0.05) is 77.8 Å². The molecule has 2 atom stereocenters. The van der Waals surface area contributed by atoms with Crippen molar-refractivity contribution in [2.24, 2.45) is 0 Å². The summed E-state index contributed by atoms with van der Waals surface area (Å²) in [7, 11) is 1.59. The molecule has 2 unspecified atom stereocenters. The van der Waals surface area contributed by atoms with Crippen LogP contribution in [0.25, 0.3) is 10.8 Å². The number of nitrogens with zero attached hydrogens (tertiary/aromatic N) is 1. The molecule has 0 saturated carbocycles. The molecule has 0 radical (unpaired) electrons. The first-order valence-corrected chi connectivity index (χ1v) is 11.3. The van der Waals surface area contributed by atoms with Gasteiger partial charge in [0.2, 0.25) is 0 Å². The fourth-order valence-corrected chi connectivity index (χ4v) is 4.76. The number of halogens is 2. The largest absolute Gasteiger partial charge is 0.497 e. The Labute approximate surface area is 203 Å². The van der Waals surface area contributed by atoms with Gasteiger partial charge in [0.1, 0.15) is 5.75 Å². The Bertz CT molecular complexity index is 1320. The first-order chi connectivity index (χ1) is 16.0. The summed E-state index contributed by atoms with van der Waals surface area (Å²) < 4.78 is 5.28. The molecule has 4 rings (SSSR count). The van der Waals surface area contributed by atoms with Gasteiger partial charge in [-0.05, 0) is 46.7 Å². The smallest absolute Gasteiger partial charge is 0.163 e. The molecular weight excluding hydrogens is 453 g/mol. The lowest BCUT2D eigenvalue weighted by molar-refractivity contribution is 0.0972. The molecule has 4 aromatic rings. The second-order valence-electron chi connectivity index (χ2n) is 7.81. The third-order valence-electron chi connectivity index (χ3n) is 5.87. The molecular formula is C28H21Cl2NO2. The molecule has 0 aliphatic carbocycles. The van der Waals surface area contributed by atoms with Gasteiger partial charge in [-0.25, -0.2) is 0 Å². The zero-order valence-electron chi connectivity index (χ0n) is 18.0. The molecule has 33 heavy (non-hydrogen) atoms. The third kappa shape index (κ3) is 4.88. The maximum Gasteiger partial charge on any atom is 0.163 e. The summed E-state index contributed by atoms with van der Waals surface area (Å²) in [5, 5.41) is 13.1. The van der Waals surface area contributed by atoms with Crippen molar-refractivity contribution < 1.29 is 9.53 Å². The Morgan fingerprint density at radius 1 is 0.909 bits per heavy atom. The van der Waals surface area contributed by atoms with E-state index in [0.29, 0.717) is 26.9 Å². The summed E-state index contributed by atoms with van der Waals surface area (Å²) in [5.41, 5.74) is 1.98. The lowest BCUT2D eigenvalue weighted by atomic mass is 9.78. The summed E-state index contributed by atoms with van der Waals surface area (Å²) in [6.07, 6.45) is 0.129. The van der Waals surface area contributed by atoms with Gasteiger partial charge < -0.3 is 4.74 Å². The van der Waals surface area contributed by atoms with E-state index >= 15 is 0 Å². The van der Waals surface area contributed by atoms with Gasteiger partial charge in [0.25, 0.3) is 0 Å². The molecule has 0 N–H and O–H groups in total. The van der Waals surface area contributed by atoms with Crippen molar-refractivity contribution in [3.05, 3.63) is 112 Å². The minimum absolute atomic E-state index is 0.0509. The van der Waals surface area contributed by atoms with E-state index in [1.807, 2.05) is 66.7 Å². The Hall–Kier alpha value is -3.32. The number of nitriles is 1. The minimum Gasteiger partial charge on any atom is -0.497 e. The first kappa shape index (κ1) is 22.9. The number of rotatable bonds is 7. The van der Waals surface area contributed by atoms with Crippen molar-refractivity contribution in [2.45, 2.75) is 18.3 Å². The molecule has 0 heterocycles. The van der Waals surface area contributed by atoms with Crippen molar-refractivity contribution >= 4 is 39.8 Å². The second kappa shape index (κ2) is 10.1. The third-order valence-corrected chi connectivity index (χ3v) is 6.53. The zero-order chi connectivity index (χ0) is 23.4. The number of methoxy groups -OCH3 is 1. The molecule has 0 aliphatic rings. The number of ether oxygens (including phenoxy) is 1. The Morgan fingerprint density at radius 2 is 1.58 bits per heavy atom. The number of ketones is 1. The molecule has 0 fully saturated rings. The number of hydrogen-bond acceptors (Lipinski definition) is 3. The Balaban J connectivity index is 1.76. The fraction of sp³-hybridized carbons (Fsp3) is 0.143. The summed E-state index contributed by atoms with van der Waals surface area (Å²) in [5.74, 6) is -0.506. The average Bonchev–Trinajstić information content (AvgIpc) is 2.85. The monoisotopic (exact) mass is 473 g/mol. The molecule has 3 nitrogen and oxygen atoms in total. The maximum atomic E-state index is 13.4. The second-order valence-corrected chi connectivity index (χ2v) is 8.63. The van der Waals surface area contributed by atoms with Gasteiger partial charge in [-0.15, -0.1) is 0 Å². The molecule has 0 aliphatic heterocycles. The molecule has 5 heteroatoms. The van der Waals surface area contributed by atoms with E-state index in [1.54, 1.807) is 25.3 Å². The van der Waals surface area contributed by atoms with E-state index in [9.17, 15) is 10.1 Å². The fourth-order valence-electron chi connectivity index (χ4n) is 4.12. The summed E-state index contributed by atoms with van der Waals surface area (Å²) >= 11 is 12.9. The van der Waals surface area contributed by atoms with E-state index < -0.39 is 11.8 Å². The minimum atomic E-state index is -0.705. The van der Waals surface area contributed by atoms with E-state index in [-0.39, 0.29) is 12.2 Å². The zero-order valence-corrected chi connectivity index (χ0v) is 19.5. The number of carbonyl (C=O) groups excluding carboxylic acids is 1. The van der Waals surface area contributed by atoms with Crippen molar-refractivity contribution in [1.82, 2.24) is 0 Å². The van der Waals surface area contributed by atoms with Crippen LogP contribution in [0.5, 0.6) is 5.75 Å². The summed E-state index contributed by atoms with van der Waals surface area (Å²) in [4.78, 5) is 13.4. The van der Waals surface area contributed by atoms with Gasteiger partial charge in [0, 0.05) is 33.5 Å². The van der Waals surface area contributed by atoms with Crippen LogP contribution in [0.3, 0.4) is 0 Å². The summed E-state index contributed by atoms with van der Waals surface area (Å²) in [6, 6.07) is 28.5. The number of fused-ring (bicyclic) bond motifs is 1. The van der Waals surface area contributed by atoms with Crippen LogP contribution in [0, 0.1) is 11.3 Å². The lowest BCUT2D eigenvalue weighted by Gasteiger charge is -2.24. The Kier molecular flexibility index (Phi) is 6.99. The van der Waals surface area contributed by atoms with Crippen LogP contribution in [0.2, 0.25) is 10.0 Å². The molecule has 0 amide bonds. The van der Waals surface area contributed by atoms with E-state index in [2.05, 4.69) is 6.07 Å². The van der Waals surface area contributed by atoms with Gasteiger partial charge in [-0.3, -0.25) is 4.79 Å². The van der Waals surface area contributed by atoms with Gasteiger partial charge in [0.15, 0.2) is 5.78 Å². The highest BCUT2D eigenvalue weighted by Crippen LogP contribution is 2.42. The molecule has 0 spiro atoms. The lowest BCUT2D eigenvalue weighted by Crippen LogP contribution is -2.16. The number of hydrogen-bond donors (Lipinski definition) is 0. The molecule has 0 saturated heterocycles. The van der Waals surface area contributed by atoms with Gasteiger partial charge >= 0.3 is 0 Å². The van der Waals surface area contributed by atoms with Crippen LogP contribution in [0.4, 0.5) is 0 Å².